The van der Waals surface area contributed by atoms with Crippen LogP contribution in [0.2, 0.25) is 0 Å². The minimum atomic E-state index is -0.241. The molecule has 3 rings (SSSR count). The van der Waals surface area contributed by atoms with Crippen LogP contribution in [-0.2, 0) is 14.3 Å². The molecule has 1 aromatic rings. The van der Waals surface area contributed by atoms with E-state index in [0.717, 1.165) is 45.7 Å². The number of nitrogens with zero attached hydrogens (tertiary/aromatic N) is 3. The average molecular weight is 393 g/mol. The Bertz CT molecular complexity index is 595. The molecule has 2 heterocycles. The number of anilines is 1. The molecule has 1 aliphatic carbocycles. The molecule has 8 nitrogen and oxygen atoms in total. The van der Waals surface area contributed by atoms with Gasteiger partial charge >= 0.3 is 0 Å². The Hall–Kier alpha value is -1.93. The van der Waals surface area contributed by atoms with Crippen molar-refractivity contribution in [1.29, 1.82) is 0 Å². The van der Waals surface area contributed by atoms with Crippen LogP contribution in [0.4, 0.5) is 5.82 Å². The first-order chi connectivity index (χ1) is 13.7. The fourth-order valence-corrected chi connectivity index (χ4v) is 4.02. The van der Waals surface area contributed by atoms with Crippen molar-refractivity contribution >= 4 is 17.6 Å². The summed E-state index contributed by atoms with van der Waals surface area (Å²) >= 11 is 0. The fraction of sp³-hybridized carbons (Fsp3) is 0.750. The van der Waals surface area contributed by atoms with E-state index in [4.69, 9.17) is 9.26 Å². The third-order valence-corrected chi connectivity index (χ3v) is 5.64. The summed E-state index contributed by atoms with van der Waals surface area (Å²) in [5.41, 5.74) is 0. The van der Waals surface area contributed by atoms with Gasteiger partial charge in [0.25, 0.3) is 0 Å². The van der Waals surface area contributed by atoms with Crippen LogP contribution in [0.25, 0.3) is 0 Å². The molecule has 28 heavy (non-hydrogen) atoms. The number of aromatic nitrogens is 1. The molecule has 0 radical (unpaired) electrons. The fourth-order valence-electron chi connectivity index (χ4n) is 4.02. The number of ether oxygens (including phenoxy) is 1. The van der Waals surface area contributed by atoms with Crippen molar-refractivity contribution in [2.24, 2.45) is 5.92 Å². The first-order valence-electron chi connectivity index (χ1n) is 10.5. The van der Waals surface area contributed by atoms with E-state index in [-0.39, 0.29) is 18.4 Å². The van der Waals surface area contributed by atoms with Gasteiger partial charge in [-0.15, -0.1) is 0 Å². The maximum Gasteiger partial charge on any atom is 0.245 e. The van der Waals surface area contributed by atoms with E-state index in [1.807, 2.05) is 0 Å². The van der Waals surface area contributed by atoms with Crippen molar-refractivity contribution in [1.82, 2.24) is 15.0 Å². The summed E-state index contributed by atoms with van der Waals surface area (Å²) in [4.78, 5) is 29.2. The van der Waals surface area contributed by atoms with Gasteiger partial charge in [-0.3, -0.25) is 14.5 Å². The highest BCUT2D eigenvalue weighted by Crippen LogP contribution is 2.28. The molecule has 2 fully saturated rings. The van der Waals surface area contributed by atoms with Crippen molar-refractivity contribution in [3.8, 4) is 0 Å². The minimum Gasteiger partial charge on any atom is -0.379 e. The predicted molar refractivity (Wildman–Crippen MR) is 105 cm³/mol. The molecule has 0 spiro atoms. The van der Waals surface area contributed by atoms with Crippen LogP contribution in [-0.4, -0.2) is 72.7 Å². The van der Waals surface area contributed by atoms with E-state index in [1.54, 1.807) is 11.0 Å². The highest BCUT2D eigenvalue weighted by molar-refractivity contribution is 5.93. The summed E-state index contributed by atoms with van der Waals surface area (Å²) in [6, 6.07) is 1.59. The Morgan fingerprint density at radius 1 is 1.25 bits per heavy atom. The lowest BCUT2D eigenvalue weighted by molar-refractivity contribution is -0.135. The lowest BCUT2D eigenvalue weighted by Crippen LogP contribution is -2.41. The van der Waals surface area contributed by atoms with Crippen LogP contribution in [0.1, 0.15) is 44.9 Å². The molecule has 1 aliphatic heterocycles. The number of rotatable bonds is 10. The maximum atomic E-state index is 12.8. The Balaban J connectivity index is 1.47. The Morgan fingerprint density at radius 3 is 2.75 bits per heavy atom. The zero-order valence-corrected chi connectivity index (χ0v) is 16.6. The minimum absolute atomic E-state index is 0.0550. The first-order valence-corrected chi connectivity index (χ1v) is 10.5. The normalized spacial score (nSPS) is 18.3. The zero-order valence-electron chi connectivity index (χ0n) is 16.6. The second kappa shape index (κ2) is 11.2. The van der Waals surface area contributed by atoms with Crippen molar-refractivity contribution in [2.75, 3.05) is 51.3 Å². The summed E-state index contributed by atoms with van der Waals surface area (Å²) in [5, 5.41) is 6.37. The van der Waals surface area contributed by atoms with Crippen molar-refractivity contribution in [2.45, 2.75) is 44.9 Å². The molecule has 2 amide bonds. The standard InChI is InChI=1S/C20H32N4O4/c25-19(21-18-8-13-28-22-18)16-24(10-3-9-23-11-14-27-15-12-23)20(26)7-6-17-4-1-2-5-17/h8,13,17H,1-7,9-12,14-16H2,(H,21,22,25). The highest BCUT2D eigenvalue weighted by atomic mass is 16.5. The molecule has 1 saturated heterocycles. The van der Waals surface area contributed by atoms with Gasteiger partial charge in [0.05, 0.1) is 19.8 Å². The van der Waals surface area contributed by atoms with Crippen molar-refractivity contribution in [3.05, 3.63) is 12.3 Å². The van der Waals surface area contributed by atoms with Gasteiger partial charge in [-0.1, -0.05) is 30.8 Å². The number of hydrogen-bond donors (Lipinski definition) is 1. The number of nitrogens with one attached hydrogen (secondary N) is 1. The quantitative estimate of drug-likeness (QED) is 0.656. The van der Waals surface area contributed by atoms with Gasteiger partial charge < -0.3 is 19.5 Å². The summed E-state index contributed by atoms with van der Waals surface area (Å²) < 4.78 is 10.1. The molecule has 0 atom stereocenters. The summed E-state index contributed by atoms with van der Waals surface area (Å²) in [6.45, 7) is 4.96. The zero-order chi connectivity index (χ0) is 19.6. The van der Waals surface area contributed by atoms with Gasteiger partial charge in [-0.05, 0) is 18.8 Å². The van der Waals surface area contributed by atoms with E-state index < -0.39 is 0 Å². The summed E-state index contributed by atoms with van der Waals surface area (Å²) in [7, 11) is 0. The van der Waals surface area contributed by atoms with E-state index in [9.17, 15) is 9.59 Å². The number of morpholine rings is 1. The number of carbonyl (C=O) groups is 2. The van der Waals surface area contributed by atoms with Crippen LogP contribution in [0, 0.1) is 5.92 Å². The lowest BCUT2D eigenvalue weighted by Gasteiger charge is -2.28. The Labute approximate surface area is 166 Å². The SMILES string of the molecule is O=C(CN(CCCN1CCOCC1)C(=O)CCC1CCCC1)Nc1ccon1. The van der Waals surface area contributed by atoms with Gasteiger partial charge in [-0.2, -0.15) is 0 Å². The van der Waals surface area contributed by atoms with Crippen LogP contribution in [0.3, 0.4) is 0 Å². The molecule has 0 unspecified atom stereocenters. The topological polar surface area (TPSA) is 87.9 Å². The molecule has 2 aliphatic rings. The largest absolute Gasteiger partial charge is 0.379 e. The molecule has 0 aromatic carbocycles. The first kappa shape index (κ1) is 20.8. The maximum absolute atomic E-state index is 12.8. The van der Waals surface area contributed by atoms with Crippen molar-refractivity contribution < 1.29 is 18.8 Å². The molecule has 156 valence electrons. The average Bonchev–Trinajstić information content (AvgIpc) is 3.40. The smallest absolute Gasteiger partial charge is 0.245 e. The second-order valence-corrected chi connectivity index (χ2v) is 7.74. The Morgan fingerprint density at radius 2 is 2.04 bits per heavy atom. The number of amides is 2. The lowest BCUT2D eigenvalue weighted by atomic mass is 10.0. The predicted octanol–water partition coefficient (Wildman–Crippen LogP) is 2.13. The molecule has 1 saturated carbocycles. The van der Waals surface area contributed by atoms with Crippen LogP contribution < -0.4 is 5.32 Å². The summed E-state index contributed by atoms with van der Waals surface area (Å²) in [6.07, 6.45) is 8.75. The molecule has 8 heteroatoms. The third kappa shape index (κ3) is 6.91. The van der Waals surface area contributed by atoms with Gasteiger partial charge in [0.2, 0.25) is 11.8 Å². The Kier molecular flexibility index (Phi) is 8.29. The third-order valence-electron chi connectivity index (χ3n) is 5.64. The monoisotopic (exact) mass is 392 g/mol. The van der Waals surface area contributed by atoms with E-state index in [1.165, 1.54) is 31.9 Å². The van der Waals surface area contributed by atoms with Crippen LogP contribution >= 0.6 is 0 Å². The molecule has 1 N–H and O–H groups in total. The van der Waals surface area contributed by atoms with Gasteiger partial charge in [0.1, 0.15) is 6.26 Å². The van der Waals surface area contributed by atoms with Crippen LogP contribution in [0.5, 0.6) is 0 Å². The molecule has 0 bridgehead atoms. The van der Waals surface area contributed by atoms with E-state index in [2.05, 4.69) is 15.4 Å². The van der Waals surface area contributed by atoms with Gasteiger partial charge in [0, 0.05) is 38.7 Å². The summed E-state index contributed by atoms with van der Waals surface area (Å²) in [5.74, 6) is 0.874. The van der Waals surface area contributed by atoms with Crippen molar-refractivity contribution in [3.63, 3.8) is 0 Å². The molecular weight excluding hydrogens is 360 g/mol. The van der Waals surface area contributed by atoms with E-state index in [0.29, 0.717) is 24.7 Å². The molecule has 1 aromatic heterocycles. The van der Waals surface area contributed by atoms with Gasteiger partial charge in [0.15, 0.2) is 5.82 Å². The highest BCUT2D eigenvalue weighted by Gasteiger charge is 2.21. The van der Waals surface area contributed by atoms with E-state index >= 15 is 0 Å². The number of carbonyl (C=O) groups excluding carboxylic acids is 2. The second-order valence-electron chi connectivity index (χ2n) is 7.74. The van der Waals surface area contributed by atoms with Crippen LogP contribution in [0.15, 0.2) is 16.9 Å². The van der Waals surface area contributed by atoms with Gasteiger partial charge in [-0.25, -0.2) is 0 Å². The molecular formula is C20H32N4O4. The number of hydrogen-bond acceptors (Lipinski definition) is 6.